The normalized spacial score (nSPS) is 14.0. The summed E-state index contributed by atoms with van der Waals surface area (Å²) in [6.45, 7) is 1.53. The van der Waals surface area contributed by atoms with Crippen molar-refractivity contribution >= 4 is 23.4 Å². The molecule has 1 N–H and O–H groups in total. The van der Waals surface area contributed by atoms with Crippen LogP contribution in [0.5, 0.6) is 5.75 Å². The van der Waals surface area contributed by atoms with Gasteiger partial charge in [-0.25, -0.2) is 4.39 Å². The van der Waals surface area contributed by atoms with Crippen LogP contribution in [0.25, 0.3) is 0 Å². The zero-order chi connectivity index (χ0) is 19.9. The molecule has 0 spiro atoms. The van der Waals surface area contributed by atoms with Gasteiger partial charge >= 0.3 is 0 Å². The monoisotopic (exact) mass is 404 g/mol. The SMILES string of the molecule is O=C1CCC(=O)N1CCOc1ccc(CNCCc2ccc(Cl)cc2)cc1F. The van der Waals surface area contributed by atoms with Gasteiger partial charge in [-0.2, -0.15) is 0 Å². The van der Waals surface area contributed by atoms with Crippen LogP contribution in [0.15, 0.2) is 42.5 Å². The molecule has 1 aliphatic heterocycles. The molecule has 1 aliphatic rings. The van der Waals surface area contributed by atoms with Crippen LogP contribution in [0.3, 0.4) is 0 Å². The molecule has 0 aliphatic carbocycles. The molecule has 2 aromatic rings. The van der Waals surface area contributed by atoms with Crippen LogP contribution in [0.2, 0.25) is 5.02 Å². The number of hydrogen-bond donors (Lipinski definition) is 1. The quantitative estimate of drug-likeness (QED) is 0.514. The molecule has 2 aromatic carbocycles. The van der Waals surface area contributed by atoms with Gasteiger partial charge in [0, 0.05) is 24.4 Å². The number of carbonyl (C=O) groups is 2. The summed E-state index contributed by atoms with van der Waals surface area (Å²) in [7, 11) is 0. The number of carbonyl (C=O) groups excluding carboxylic acids is 2. The molecule has 28 heavy (non-hydrogen) atoms. The fraction of sp³-hybridized carbons (Fsp3) is 0.333. The van der Waals surface area contributed by atoms with Crippen LogP contribution >= 0.6 is 11.6 Å². The van der Waals surface area contributed by atoms with Gasteiger partial charge in [0.2, 0.25) is 11.8 Å². The number of likely N-dealkylation sites (tertiary alicyclic amines) is 1. The standard InChI is InChI=1S/C21H22ClFN2O3/c22-17-4-1-15(2-5-17)9-10-24-14-16-3-6-19(18(23)13-16)28-12-11-25-20(26)7-8-21(25)27/h1-6,13,24H,7-12,14H2. The zero-order valence-corrected chi connectivity index (χ0v) is 16.2. The van der Waals surface area contributed by atoms with Gasteiger partial charge in [-0.1, -0.05) is 29.8 Å². The molecule has 3 rings (SSSR count). The summed E-state index contributed by atoms with van der Waals surface area (Å²) in [5.41, 5.74) is 1.99. The maximum Gasteiger partial charge on any atom is 0.229 e. The minimum Gasteiger partial charge on any atom is -0.489 e. The highest BCUT2D eigenvalue weighted by atomic mass is 35.5. The first-order chi connectivity index (χ1) is 13.5. The third-order valence-corrected chi connectivity index (χ3v) is 4.81. The molecule has 5 nitrogen and oxygen atoms in total. The number of nitrogens with zero attached hydrogens (tertiary/aromatic N) is 1. The lowest BCUT2D eigenvalue weighted by Gasteiger charge is -2.15. The number of amides is 2. The molecular weight excluding hydrogens is 383 g/mol. The predicted molar refractivity (Wildman–Crippen MR) is 105 cm³/mol. The number of halogens is 2. The predicted octanol–water partition coefficient (Wildman–Crippen LogP) is 3.34. The highest BCUT2D eigenvalue weighted by Crippen LogP contribution is 2.19. The highest BCUT2D eigenvalue weighted by molar-refractivity contribution is 6.30. The first kappa shape index (κ1) is 20.3. The minimum atomic E-state index is -0.462. The molecule has 7 heteroatoms. The molecular formula is C21H22ClFN2O3. The Hall–Kier alpha value is -2.44. The van der Waals surface area contributed by atoms with Crippen molar-refractivity contribution in [2.75, 3.05) is 19.7 Å². The fourth-order valence-corrected chi connectivity index (χ4v) is 3.13. The van der Waals surface area contributed by atoms with Gasteiger partial charge in [-0.3, -0.25) is 14.5 Å². The number of imide groups is 1. The Balaban J connectivity index is 1.41. The first-order valence-corrected chi connectivity index (χ1v) is 9.60. The van der Waals surface area contributed by atoms with Crippen LogP contribution in [0, 0.1) is 5.82 Å². The molecule has 0 radical (unpaired) electrons. The van der Waals surface area contributed by atoms with E-state index < -0.39 is 5.82 Å². The molecule has 0 atom stereocenters. The average Bonchev–Trinajstić information content (AvgIpc) is 3.00. The third-order valence-electron chi connectivity index (χ3n) is 4.56. The second kappa shape index (κ2) is 9.66. The van der Waals surface area contributed by atoms with Crippen LogP contribution in [-0.4, -0.2) is 36.4 Å². The lowest BCUT2D eigenvalue weighted by atomic mass is 10.1. The van der Waals surface area contributed by atoms with Gasteiger partial charge < -0.3 is 10.1 Å². The molecule has 0 saturated carbocycles. The summed E-state index contributed by atoms with van der Waals surface area (Å²) < 4.78 is 19.6. The van der Waals surface area contributed by atoms with Crippen molar-refractivity contribution in [1.82, 2.24) is 10.2 Å². The van der Waals surface area contributed by atoms with Crippen molar-refractivity contribution in [2.45, 2.75) is 25.8 Å². The van der Waals surface area contributed by atoms with Gasteiger partial charge in [0.15, 0.2) is 11.6 Å². The minimum absolute atomic E-state index is 0.0765. The van der Waals surface area contributed by atoms with E-state index in [1.165, 1.54) is 11.6 Å². The molecule has 1 fully saturated rings. The van der Waals surface area contributed by atoms with Gasteiger partial charge in [0.1, 0.15) is 6.61 Å². The average molecular weight is 405 g/mol. The van der Waals surface area contributed by atoms with E-state index in [1.807, 2.05) is 24.3 Å². The van der Waals surface area contributed by atoms with Crippen molar-refractivity contribution < 1.29 is 18.7 Å². The van der Waals surface area contributed by atoms with Crippen LogP contribution < -0.4 is 10.1 Å². The zero-order valence-electron chi connectivity index (χ0n) is 15.4. The van der Waals surface area contributed by atoms with Crippen molar-refractivity contribution in [2.24, 2.45) is 0 Å². The second-order valence-corrected chi connectivity index (χ2v) is 7.04. The molecule has 2 amide bonds. The van der Waals surface area contributed by atoms with E-state index >= 15 is 0 Å². The van der Waals surface area contributed by atoms with Crippen LogP contribution in [0.1, 0.15) is 24.0 Å². The number of ether oxygens (including phenoxy) is 1. The lowest BCUT2D eigenvalue weighted by molar-refractivity contribution is -0.138. The van der Waals surface area contributed by atoms with Crippen LogP contribution in [0.4, 0.5) is 4.39 Å². The van der Waals surface area contributed by atoms with Gasteiger partial charge in [0.05, 0.1) is 6.54 Å². The Bertz CT molecular complexity index is 826. The Morgan fingerprint density at radius 1 is 1.04 bits per heavy atom. The van der Waals surface area contributed by atoms with Gasteiger partial charge in [-0.05, 0) is 48.4 Å². The fourth-order valence-electron chi connectivity index (χ4n) is 3.01. The topological polar surface area (TPSA) is 58.6 Å². The Labute approximate surface area is 168 Å². The Morgan fingerprint density at radius 3 is 2.39 bits per heavy atom. The largest absolute Gasteiger partial charge is 0.489 e. The van der Waals surface area contributed by atoms with Crippen molar-refractivity contribution in [3.8, 4) is 5.75 Å². The van der Waals surface area contributed by atoms with E-state index in [1.54, 1.807) is 12.1 Å². The molecule has 1 saturated heterocycles. The summed E-state index contributed by atoms with van der Waals surface area (Å²) in [6.07, 6.45) is 1.34. The van der Waals surface area contributed by atoms with E-state index in [-0.39, 0.29) is 43.6 Å². The van der Waals surface area contributed by atoms with E-state index in [0.29, 0.717) is 11.6 Å². The number of nitrogens with one attached hydrogen (secondary N) is 1. The van der Waals surface area contributed by atoms with E-state index in [0.717, 1.165) is 23.4 Å². The van der Waals surface area contributed by atoms with E-state index in [2.05, 4.69) is 5.32 Å². The summed E-state index contributed by atoms with van der Waals surface area (Å²) in [4.78, 5) is 24.2. The van der Waals surface area contributed by atoms with E-state index in [4.69, 9.17) is 16.3 Å². The van der Waals surface area contributed by atoms with Gasteiger partial charge in [0.25, 0.3) is 0 Å². The number of benzene rings is 2. The van der Waals surface area contributed by atoms with Gasteiger partial charge in [-0.15, -0.1) is 0 Å². The molecule has 0 bridgehead atoms. The summed E-state index contributed by atoms with van der Waals surface area (Å²) in [5, 5.41) is 4.00. The lowest BCUT2D eigenvalue weighted by Crippen LogP contribution is -2.33. The third kappa shape index (κ3) is 5.53. The Morgan fingerprint density at radius 2 is 1.71 bits per heavy atom. The molecule has 0 unspecified atom stereocenters. The smallest absolute Gasteiger partial charge is 0.229 e. The number of rotatable bonds is 9. The molecule has 0 aromatic heterocycles. The summed E-state index contributed by atoms with van der Waals surface area (Å²) in [5.74, 6) is -0.747. The van der Waals surface area contributed by atoms with Crippen molar-refractivity contribution in [3.63, 3.8) is 0 Å². The summed E-state index contributed by atoms with van der Waals surface area (Å²) >= 11 is 5.86. The molecule has 1 heterocycles. The van der Waals surface area contributed by atoms with Crippen molar-refractivity contribution in [3.05, 3.63) is 64.4 Å². The highest BCUT2D eigenvalue weighted by Gasteiger charge is 2.28. The summed E-state index contributed by atoms with van der Waals surface area (Å²) in [6, 6.07) is 12.5. The second-order valence-electron chi connectivity index (χ2n) is 6.61. The number of hydrogen-bond acceptors (Lipinski definition) is 4. The van der Waals surface area contributed by atoms with E-state index in [9.17, 15) is 14.0 Å². The Kier molecular flexibility index (Phi) is 7.01. The van der Waals surface area contributed by atoms with Crippen LogP contribution in [-0.2, 0) is 22.6 Å². The first-order valence-electron chi connectivity index (χ1n) is 9.22. The maximum absolute atomic E-state index is 14.2. The maximum atomic E-state index is 14.2. The molecule has 148 valence electrons. The van der Waals surface area contributed by atoms with Crippen molar-refractivity contribution in [1.29, 1.82) is 0 Å².